The van der Waals surface area contributed by atoms with E-state index in [1.165, 1.54) is 19.2 Å². The third kappa shape index (κ3) is 4.62. The molecule has 8 heteroatoms. The third-order valence-corrected chi connectivity index (χ3v) is 7.06. The number of hydrogen-bond acceptors (Lipinski definition) is 6. The summed E-state index contributed by atoms with van der Waals surface area (Å²) >= 11 is 0. The van der Waals surface area contributed by atoms with Crippen molar-refractivity contribution < 1.29 is 27.4 Å². The van der Waals surface area contributed by atoms with Crippen molar-refractivity contribution in [1.82, 2.24) is 4.90 Å². The number of benzene rings is 1. The largest absolute Gasteiger partial charge is 0.497 e. The summed E-state index contributed by atoms with van der Waals surface area (Å²) in [4.78, 5) is 14.3. The molecular formula is C19H27NO6S. The van der Waals surface area contributed by atoms with Gasteiger partial charge in [-0.2, -0.15) is 0 Å². The topological polar surface area (TPSA) is 82.1 Å². The predicted molar refractivity (Wildman–Crippen MR) is 99.5 cm³/mol. The van der Waals surface area contributed by atoms with Crippen LogP contribution in [0.4, 0.5) is 0 Å². The maximum atomic E-state index is 12.4. The molecule has 2 fully saturated rings. The Kier molecular flexibility index (Phi) is 6.08. The Morgan fingerprint density at radius 3 is 2.59 bits per heavy atom. The van der Waals surface area contributed by atoms with Gasteiger partial charge in [-0.3, -0.25) is 4.79 Å². The van der Waals surface area contributed by atoms with E-state index in [-0.39, 0.29) is 28.6 Å². The van der Waals surface area contributed by atoms with E-state index in [0.717, 1.165) is 19.4 Å². The summed E-state index contributed by atoms with van der Waals surface area (Å²) in [6.45, 7) is 2.53. The molecule has 0 radical (unpaired) electrons. The van der Waals surface area contributed by atoms with Crippen LogP contribution in [0.25, 0.3) is 0 Å². The summed E-state index contributed by atoms with van der Waals surface area (Å²) in [6, 6.07) is 6.21. The zero-order valence-corrected chi connectivity index (χ0v) is 16.7. The van der Waals surface area contributed by atoms with Crippen LogP contribution in [0.15, 0.2) is 29.2 Å². The first-order valence-electron chi connectivity index (χ1n) is 9.15. The molecule has 1 atom stereocenters. The van der Waals surface area contributed by atoms with Crippen LogP contribution < -0.4 is 4.74 Å². The normalized spacial score (nSPS) is 21.3. The number of nitrogens with zero attached hydrogens (tertiary/aromatic N) is 1. The summed E-state index contributed by atoms with van der Waals surface area (Å²) in [7, 11) is -0.279. The van der Waals surface area contributed by atoms with Gasteiger partial charge in [0.25, 0.3) is 0 Å². The molecule has 0 saturated carbocycles. The van der Waals surface area contributed by atoms with Crippen LogP contribution in [-0.2, 0) is 24.1 Å². The quantitative estimate of drug-likeness (QED) is 0.661. The highest BCUT2D eigenvalue weighted by molar-refractivity contribution is 7.91. The summed E-state index contributed by atoms with van der Waals surface area (Å²) in [6.07, 6.45) is 1.88. The van der Waals surface area contributed by atoms with Gasteiger partial charge in [-0.05, 0) is 43.0 Å². The van der Waals surface area contributed by atoms with Crippen molar-refractivity contribution >= 4 is 15.7 Å². The molecule has 0 aromatic heterocycles. The molecule has 3 rings (SSSR count). The molecule has 2 aliphatic heterocycles. The number of hydrogen-bond donors (Lipinski definition) is 0. The first kappa shape index (κ1) is 20.1. The van der Waals surface area contributed by atoms with E-state index < -0.39 is 9.84 Å². The fourth-order valence-electron chi connectivity index (χ4n) is 3.74. The van der Waals surface area contributed by atoms with E-state index in [1.54, 1.807) is 24.1 Å². The summed E-state index contributed by atoms with van der Waals surface area (Å²) < 4.78 is 40.9. The van der Waals surface area contributed by atoms with Crippen LogP contribution in [0.3, 0.4) is 0 Å². The molecular weight excluding hydrogens is 370 g/mol. The molecule has 1 amide bonds. The van der Waals surface area contributed by atoms with Crippen LogP contribution >= 0.6 is 0 Å². The standard InChI is InChI=1S/C19H27NO6S/c1-24-9-7-15-11-19(26-12-15)13-20(14-19)18(21)8-10-27(22,23)17-5-3-16(25-2)4-6-17/h3-6,15H,7-14H2,1-2H3. The van der Waals surface area contributed by atoms with Gasteiger partial charge in [-0.1, -0.05) is 0 Å². The zero-order valence-electron chi connectivity index (χ0n) is 15.8. The summed E-state index contributed by atoms with van der Waals surface area (Å²) in [5.41, 5.74) is -0.233. The van der Waals surface area contributed by atoms with E-state index in [1.807, 2.05) is 0 Å². The molecule has 2 saturated heterocycles. The number of amides is 1. The van der Waals surface area contributed by atoms with Gasteiger partial charge in [0.05, 0.1) is 37.5 Å². The molecule has 0 bridgehead atoms. The van der Waals surface area contributed by atoms with E-state index in [2.05, 4.69) is 0 Å². The highest BCUT2D eigenvalue weighted by Gasteiger charge is 2.50. The lowest BCUT2D eigenvalue weighted by molar-refractivity contribution is -0.157. The van der Waals surface area contributed by atoms with Gasteiger partial charge >= 0.3 is 0 Å². The van der Waals surface area contributed by atoms with E-state index >= 15 is 0 Å². The lowest BCUT2D eigenvalue weighted by atomic mass is 9.86. The van der Waals surface area contributed by atoms with Crippen molar-refractivity contribution in [3.63, 3.8) is 0 Å². The van der Waals surface area contributed by atoms with Gasteiger partial charge in [0.1, 0.15) is 11.4 Å². The van der Waals surface area contributed by atoms with Crippen molar-refractivity contribution in [3.05, 3.63) is 24.3 Å². The first-order chi connectivity index (χ1) is 12.9. The number of rotatable bonds is 8. The summed E-state index contributed by atoms with van der Waals surface area (Å²) in [5.74, 6) is 0.731. The number of sulfone groups is 1. The molecule has 0 aliphatic carbocycles. The van der Waals surface area contributed by atoms with Crippen molar-refractivity contribution in [3.8, 4) is 5.75 Å². The van der Waals surface area contributed by atoms with Crippen LogP contribution in [0, 0.1) is 5.92 Å². The number of ether oxygens (including phenoxy) is 3. The minimum absolute atomic E-state index is 0.0163. The minimum atomic E-state index is -3.49. The van der Waals surface area contributed by atoms with Gasteiger partial charge in [0.15, 0.2) is 9.84 Å². The highest BCUT2D eigenvalue weighted by atomic mass is 32.2. The van der Waals surface area contributed by atoms with Gasteiger partial charge in [-0.25, -0.2) is 8.42 Å². The number of methoxy groups -OCH3 is 2. The maximum Gasteiger partial charge on any atom is 0.223 e. The Morgan fingerprint density at radius 2 is 1.96 bits per heavy atom. The smallest absolute Gasteiger partial charge is 0.223 e. The lowest BCUT2D eigenvalue weighted by Gasteiger charge is -2.47. The second kappa shape index (κ2) is 8.16. The molecule has 1 aromatic carbocycles. The number of carbonyl (C=O) groups excluding carboxylic acids is 1. The van der Waals surface area contributed by atoms with Crippen LogP contribution in [0.2, 0.25) is 0 Å². The Morgan fingerprint density at radius 1 is 1.26 bits per heavy atom. The van der Waals surface area contributed by atoms with Crippen molar-refractivity contribution in [2.45, 2.75) is 29.8 Å². The second-order valence-electron chi connectivity index (χ2n) is 7.34. The Hall–Kier alpha value is -1.64. The number of likely N-dealkylation sites (tertiary alicyclic amines) is 1. The predicted octanol–water partition coefficient (Wildman–Crippen LogP) is 1.51. The Labute approximate surface area is 160 Å². The SMILES string of the molecule is COCCC1COC2(C1)CN(C(=O)CCS(=O)(=O)c1ccc(OC)cc1)C2. The van der Waals surface area contributed by atoms with Crippen molar-refractivity contribution in [2.24, 2.45) is 5.92 Å². The number of carbonyl (C=O) groups is 1. The molecule has 1 spiro atoms. The van der Waals surface area contributed by atoms with Gasteiger partial charge < -0.3 is 19.1 Å². The summed E-state index contributed by atoms with van der Waals surface area (Å²) in [5, 5.41) is 0. The molecule has 2 heterocycles. The van der Waals surface area contributed by atoms with E-state index in [0.29, 0.717) is 31.4 Å². The second-order valence-corrected chi connectivity index (χ2v) is 9.45. The van der Waals surface area contributed by atoms with Crippen molar-refractivity contribution in [2.75, 3.05) is 46.3 Å². The van der Waals surface area contributed by atoms with Gasteiger partial charge in [0.2, 0.25) is 5.91 Å². The lowest BCUT2D eigenvalue weighted by Crippen LogP contribution is -2.63. The molecule has 150 valence electrons. The molecule has 0 N–H and O–H groups in total. The van der Waals surface area contributed by atoms with E-state index in [9.17, 15) is 13.2 Å². The molecule has 1 aromatic rings. The third-order valence-electron chi connectivity index (χ3n) is 5.33. The van der Waals surface area contributed by atoms with Crippen LogP contribution in [0.1, 0.15) is 19.3 Å². The van der Waals surface area contributed by atoms with Crippen molar-refractivity contribution in [1.29, 1.82) is 0 Å². The van der Waals surface area contributed by atoms with E-state index in [4.69, 9.17) is 14.2 Å². The maximum absolute atomic E-state index is 12.4. The molecule has 2 aliphatic rings. The molecule has 1 unspecified atom stereocenters. The van der Waals surface area contributed by atoms with Gasteiger partial charge in [0, 0.05) is 20.1 Å². The highest BCUT2D eigenvalue weighted by Crippen LogP contribution is 2.39. The molecule has 7 nitrogen and oxygen atoms in total. The van der Waals surface area contributed by atoms with Crippen LogP contribution in [0.5, 0.6) is 5.75 Å². The first-order valence-corrected chi connectivity index (χ1v) is 10.8. The minimum Gasteiger partial charge on any atom is -0.497 e. The van der Waals surface area contributed by atoms with Crippen LogP contribution in [-0.4, -0.2) is 71.1 Å². The monoisotopic (exact) mass is 397 g/mol. The average Bonchev–Trinajstić information content (AvgIpc) is 3.08. The van der Waals surface area contributed by atoms with Gasteiger partial charge in [-0.15, -0.1) is 0 Å². The zero-order chi connectivity index (χ0) is 19.5. The fourth-order valence-corrected chi connectivity index (χ4v) is 4.97. The Bertz CT molecular complexity index is 755. The average molecular weight is 397 g/mol. The fraction of sp³-hybridized carbons (Fsp3) is 0.632. The Balaban J connectivity index is 1.46. The molecule has 27 heavy (non-hydrogen) atoms.